The van der Waals surface area contributed by atoms with Crippen LogP contribution in [0, 0.1) is 0 Å². The van der Waals surface area contributed by atoms with Gasteiger partial charge in [-0.2, -0.15) is 0 Å². The third kappa shape index (κ3) is 1.94. The summed E-state index contributed by atoms with van der Waals surface area (Å²) in [6.07, 6.45) is 0. The van der Waals surface area contributed by atoms with Gasteiger partial charge in [-0.15, -0.1) is 11.3 Å². The molecular formula is C15H10ClNS. The predicted molar refractivity (Wildman–Crippen MR) is 79.2 cm³/mol. The predicted octanol–water partition coefficient (Wildman–Crippen LogP) is 5.01. The molecule has 3 aromatic rings. The second-order valence-electron chi connectivity index (χ2n) is 3.97. The Kier molecular flexibility index (Phi) is 2.90. The Morgan fingerprint density at radius 1 is 1.11 bits per heavy atom. The van der Waals surface area contributed by atoms with Gasteiger partial charge in [-0.1, -0.05) is 48.5 Å². The molecular weight excluding hydrogens is 262 g/mol. The van der Waals surface area contributed by atoms with Crippen molar-refractivity contribution in [2.75, 3.05) is 0 Å². The first-order valence-corrected chi connectivity index (χ1v) is 6.80. The van der Waals surface area contributed by atoms with Crippen LogP contribution in [-0.4, -0.2) is 4.98 Å². The van der Waals surface area contributed by atoms with Crippen LogP contribution >= 0.6 is 22.9 Å². The highest BCUT2D eigenvalue weighted by atomic mass is 35.5. The van der Waals surface area contributed by atoms with Crippen molar-refractivity contribution >= 4 is 38.7 Å². The number of aromatic nitrogens is 1. The minimum absolute atomic E-state index is 0.706. The van der Waals surface area contributed by atoms with Gasteiger partial charge in [0.15, 0.2) is 0 Å². The molecule has 0 radical (unpaired) electrons. The number of thiophene rings is 1. The minimum Gasteiger partial charge on any atom is -0.245 e. The highest BCUT2D eigenvalue weighted by molar-refractivity contribution is 7.17. The quantitative estimate of drug-likeness (QED) is 0.638. The van der Waals surface area contributed by atoms with Gasteiger partial charge in [0, 0.05) is 11.0 Å². The standard InChI is InChI=1S/C15H10ClNS/c1-10(11-5-3-2-4-6-11)13-7-8-14-15(17-13)12(16)9-18-14/h2-9H,1H2. The van der Waals surface area contributed by atoms with Crippen LogP contribution in [0.15, 0.2) is 54.4 Å². The van der Waals surface area contributed by atoms with E-state index in [1.807, 2.05) is 47.8 Å². The molecule has 2 heterocycles. The van der Waals surface area contributed by atoms with E-state index in [-0.39, 0.29) is 0 Å². The fourth-order valence-corrected chi connectivity index (χ4v) is 2.93. The molecule has 0 unspecified atom stereocenters. The Balaban J connectivity index is 2.09. The van der Waals surface area contributed by atoms with Gasteiger partial charge in [-0.05, 0) is 17.7 Å². The molecule has 18 heavy (non-hydrogen) atoms. The van der Waals surface area contributed by atoms with E-state index in [0.29, 0.717) is 5.02 Å². The number of rotatable bonds is 2. The van der Waals surface area contributed by atoms with Crippen LogP contribution in [0.25, 0.3) is 15.8 Å². The van der Waals surface area contributed by atoms with Gasteiger partial charge in [0.25, 0.3) is 0 Å². The van der Waals surface area contributed by atoms with Crippen LogP contribution in [0.2, 0.25) is 5.02 Å². The molecule has 3 rings (SSSR count). The Bertz CT molecular complexity index is 716. The molecule has 0 saturated carbocycles. The number of hydrogen-bond acceptors (Lipinski definition) is 2. The molecule has 0 fully saturated rings. The van der Waals surface area contributed by atoms with Gasteiger partial charge < -0.3 is 0 Å². The number of hydrogen-bond donors (Lipinski definition) is 0. The molecule has 0 spiro atoms. The molecule has 1 nitrogen and oxygen atoms in total. The van der Waals surface area contributed by atoms with E-state index in [1.54, 1.807) is 11.3 Å². The van der Waals surface area contributed by atoms with Gasteiger partial charge in [-0.3, -0.25) is 0 Å². The summed E-state index contributed by atoms with van der Waals surface area (Å²) in [5.41, 5.74) is 3.72. The topological polar surface area (TPSA) is 12.9 Å². The van der Waals surface area contributed by atoms with Gasteiger partial charge in [0.05, 0.1) is 15.4 Å². The van der Waals surface area contributed by atoms with E-state index in [1.165, 1.54) is 0 Å². The van der Waals surface area contributed by atoms with Crippen molar-refractivity contribution in [2.45, 2.75) is 0 Å². The molecule has 0 aliphatic rings. The largest absolute Gasteiger partial charge is 0.245 e. The Hall–Kier alpha value is -1.64. The first-order valence-electron chi connectivity index (χ1n) is 5.54. The number of fused-ring (bicyclic) bond motifs is 1. The van der Waals surface area contributed by atoms with Gasteiger partial charge >= 0.3 is 0 Å². The summed E-state index contributed by atoms with van der Waals surface area (Å²) >= 11 is 7.72. The maximum Gasteiger partial charge on any atom is 0.100 e. The third-order valence-corrected chi connectivity index (χ3v) is 4.16. The molecule has 0 atom stereocenters. The molecule has 2 aromatic heterocycles. The average molecular weight is 272 g/mol. The molecule has 0 amide bonds. The minimum atomic E-state index is 0.706. The highest BCUT2D eigenvalue weighted by Gasteiger charge is 2.08. The van der Waals surface area contributed by atoms with Crippen LogP contribution in [0.3, 0.4) is 0 Å². The van der Waals surface area contributed by atoms with Gasteiger partial charge in [0.2, 0.25) is 0 Å². The van der Waals surface area contributed by atoms with E-state index < -0.39 is 0 Å². The highest BCUT2D eigenvalue weighted by Crippen LogP contribution is 2.30. The van der Waals surface area contributed by atoms with E-state index in [9.17, 15) is 0 Å². The summed E-state index contributed by atoms with van der Waals surface area (Å²) in [7, 11) is 0. The zero-order chi connectivity index (χ0) is 12.5. The van der Waals surface area contributed by atoms with E-state index >= 15 is 0 Å². The number of halogens is 1. The van der Waals surface area contributed by atoms with Crippen LogP contribution in [-0.2, 0) is 0 Å². The molecule has 0 aliphatic heterocycles. The summed E-state index contributed by atoms with van der Waals surface area (Å²) in [4.78, 5) is 4.59. The van der Waals surface area contributed by atoms with E-state index in [0.717, 1.165) is 27.0 Å². The zero-order valence-electron chi connectivity index (χ0n) is 9.56. The molecule has 0 N–H and O–H groups in total. The van der Waals surface area contributed by atoms with E-state index in [2.05, 4.69) is 11.6 Å². The molecule has 88 valence electrons. The zero-order valence-corrected chi connectivity index (χ0v) is 11.1. The lowest BCUT2D eigenvalue weighted by Crippen LogP contribution is -1.89. The normalized spacial score (nSPS) is 10.7. The second-order valence-corrected chi connectivity index (χ2v) is 5.29. The van der Waals surface area contributed by atoms with Crippen molar-refractivity contribution < 1.29 is 0 Å². The van der Waals surface area contributed by atoms with Crippen molar-refractivity contribution in [1.82, 2.24) is 4.98 Å². The van der Waals surface area contributed by atoms with Crippen LogP contribution < -0.4 is 0 Å². The number of pyridine rings is 1. The monoisotopic (exact) mass is 271 g/mol. The molecule has 3 heteroatoms. The fourth-order valence-electron chi connectivity index (χ4n) is 1.84. The van der Waals surface area contributed by atoms with Crippen LogP contribution in [0.4, 0.5) is 0 Å². The van der Waals surface area contributed by atoms with Gasteiger partial charge in [0.1, 0.15) is 5.52 Å². The van der Waals surface area contributed by atoms with Crippen LogP contribution in [0.5, 0.6) is 0 Å². The summed E-state index contributed by atoms with van der Waals surface area (Å²) in [6, 6.07) is 14.1. The molecule has 0 bridgehead atoms. The Morgan fingerprint density at radius 2 is 1.89 bits per heavy atom. The first kappa shape index (κ1) is 11.5. The SMILES string of the molecule is C=C(c1ccccc1)c1ccc2scc(Cl)c2n1. The molecule has 0 aliphatic carbocycles. The number of benzene rings is 1. The first-order chi connectivity index (χ1) is 8.75. The van der Waals surface area contributed by atoms with Crippen LogP contribution in [0.1, 0.15) is 11.3 Å². The molecule has 1 aromatic carbocycles. The summed E-state index contributed by atoms with van der Waals surface area (Å²) < 4.78 is 1.10. The van der Waals surface area contributed by atoms with Crippen molar-refractivity contribution in [2.24, 2.45) is 0 Å². The average Bonchev–Trinajstić information content (AvgIpc) is 2.80. The fraction of sp³-hybridized carbons (Fsp3) is 0. The molecule has 0 saturated heterocycles. The second kappa shape index (κ2) is 4.56. The van der Waals surface area contributed by atoms with Crippen molar-refractivity contribution in [3.8, 4) is 0 Å². The lowest BCUT2D eigenvalue weighted by atomic mass is 10.0. The summed E-state index contributed by atoms with van der Waals surface area (Å²) in [5, 5.41) is 2.62. The smallest absolute Gasteiger partial charge is 0.100 e. The van der Waals surface area contributed by atoms with Crippen molar-refractivity contribution in [3.05, 3.63) is 70.7 Å². The van der Waals surface area contributed by atoms with E-state index in [4.69, 9.17) is 11.6 Å². The maximum absolute atomic E-state index is 6.11. The van der Waals surface area contributed by atoms with Crippen molar-refractivity contribution in [1.29, 1.82) is 0 Å². The Morgan fingerprint density at radius 3 is 2.67 bits per heavy atom. The lowest BCUT2D eigenvalue weighted by Gasteiger charge is -2.05. The lowest BCUT2D eigenvalue weighted by molar-refractivity contribution is 1.35. The van der Waals surface area contributed by atoms with Gasteiger partial charge in [-0.25, -0.2) is 4.98 Å². The van der Waals surface area contributed by atoms with Crippen molar-refractivity contribution in [3.63, 3.8) is 0 Å². The maximum atomic E-state index is 6.11. The Labute approximate surface area is 114 Å². The summed E-state index contributed by atoms with van der Waals surface area (Å²) in [6.45, 7) is 4.11. The summed E-state index contributed by atoms with van der Waals surface area (Å²) in [5.74, 6) is 0. The third-order valence-electron chi connectivity index (χ3n) is 2.81. The number of nitrogens with zero attached hydrogens (tertiary/aromatic N) is 1.